The van der Waals surface area contributed by atoms with Gasteiger partial charge in [-0.25, -0.2) is 0 Å². The van der Waals surface area contributed by atoms with Crippen LogP contribution in [0.15, 0.2) is 96.1 Å². The van der Waals surface area contributed by atoms with Crippen molar-refractivity contribution in [3.8, 4) is 22.3 Å². The van der Waals surface area contributed by atoms with E-state index in [0.717, 1.165) is 30.6 Å². The van der Waals surface area contributed by atoms with Crippen molar-refractivity contribution >= 4 is 50.6 Å². The molecule has 0 amide bonds. The molecule has 0 heterocycles. The monoisotopic (exact) mass is 882 g/mol. The summed E-state index contributed by atoms with van der Waals surface area (Å²) in [6, 6.07) is 32.1. The summed E-state index contributed by atoms with van der Waals surface area (Å²) < 4.78 is 2.98. The Morgan fingerprint density at radius 1 is 0.564 bits per heavy atom. The number of hydrogen-bond donors (Lipinski definition) is 0. The molecule has 2 aliphatic rings. The Bertz CT molecular complexity index is 1980. The first-order valence-electron chi connectivity index (χ1n) is 21.0. The van der Waals surface area contributed by atoms with Crippen LogP contribution < -0.4 is 0 Å². The first kappa shape index (κ1) is 42.9. The number of rotatable bonds is 14. The molecular formula is C48H65BCl2NSi2Zr. The number of fused-ring (bicyclic) bond motifs is 2. The minimum absolute atomic E-state index is 0.0175. The molecule has 0 aromatic heterocycles. The maximum atomic E-state index is 9.19. The Labute approximate surface area is 345 Å². The predicted octanol–water partition coefficient (Wildman–Crippen LogP) is 15.7. The Hall–Kier alpha value is -1.72. The summed E-state index contributed by atoms with van der Waals surface area (Å²) in [4.78, 5) is 0.825. The summed E-state index contributed by atoms with van der Waals surface area (Å²) >= 11 is -5.30. The molecule has 0 saturated heterocycles. The van der Waals surface area contributed by atoms with Gasteiger partial charge in [-0.05, 0) is 0 Å². The molecule has 6 rings (SSSR count). The predicted molar refractivity (Wildman–Crippen MR) is 251 cm³/mol. The summed E-state index contributed by atoms with van der Waals surface area (Å²) in [5.41, 5.74) is 16.4. The average molecular weight is 885 g/mol. The zero-order chi connectivity index (χ0) is 40.1. The molecule has 0 fully saturated rings. The average Bonchev–Trinajstić information content (AvgIpc) is 3.69. The Morgan fingerprint density at radius 3 is 1.27 bits per heavy atom. The van der Waals surface area contributed by atoms with Gasteiger partial charge in [0, 0.05) is 0 Å². The number of allylic oxidation sites excluding steroid dienone is 2. The first-order valence-corrected chi connectivity index (χ1v) is 38.8. The third-order valence-corrected chi connectivity index (χ3v) is 39.5. The molecule has 0 N–H and O–H groups in total. The zero-order valence-electron chi connectivity index (χ0n) is 35.8. The standard InChI is InChI=1S/2C21H23.C6H19BNSi2.2ClH.Zr/c2*1-4-8-16-13-17-9-7-12-20(21(17)14-16)19-11-6-5-10-18(19)15(2)3;1-9(2,3)8(7)10(4,5)6;;;/h2*5-7,9-15H,4,8H2,1-3H3;7H,1-6H3;2*1H;/q;;+1;;;+1/p-2. The van der Waals surface area contributed by atoms with Gasteiger partial charge in [0.2, 0.25) is 0 Å². The molecule has 2 unspecified atom stereocenters. The van der Waals surface area contributed by atoms with Crippen LogP contribution in [0.25, 0.3) is 34.4 Å². The molecule has 4 aromatic carbocycles. The van der Waals surface area contributed by atoms with Crippen molar-refractivity contribution in [3.63, 3.8) is 0 Å². The molecule has 0 spiro atoms. The second kappa shape index (κ2) is 16.1. The van der Waals surface area contributed by atoms with E-state index in [9.17, 15) is 17.0 Å². The quantitative estimate of drug-likeness (QED) is 0.114. The molecule has 0 radical (unpaired) electrons. The molecule has 7 heteroatoms. The van der Waals surface area contributed by atoms with Gasteiger partial charge in [-0.15, -0.1) is 0 Å². The van der Waals surface area contributed by atoms with Gasteiger partial charge in [-0.1, -0.05) is 0 Å². The Balaban J connectivity index is 1.69. The molecule has 4 aromatic rings. The van der Waals surface area contributed by atoms with Crippen LogP contribution in [0.5, 0.6) is 0 Å². The minimum atomic E-state index is -5.30. The maximum absolute atomic E-state index is 9.19. The second-order valence-corrected chi connectivity index (χ2v) is 51.4. The van der Waals surface area contributed by atoms with Crippen LogP contribution in [0.2, 0.25) is 39.3 Å². The van der Waals surface area contributed by atoms with Gasteiger partial charge in [0.05, 0.1) is 0 Å². The van der Waals surface area contributed by atoms with E-state index >= 15 is 0 Å². The molecular weight excluding hydrogens is 820 g/mol. The van der Waals surface area contributed by atoms with Gasteiger partial charge in [-0.3, -0.25) is 0 Å². The molecule has 0 saturated carbocycles. The fraction of sp³-hybridized carbons (Fsp3) is 0.417. The summed E-state index contributed by atoms with van der Waals surface area (Å²) in [5.74, 6) is 0.838. The Morgan fingerprint density at radius 2 is 0.927 bits per heavy atom. The van der Waals surface area contributed by atoms with Crippen molar-refractivity contribution in [1.29, 1.82) is 0 Å². The van der Waals surface area contributed by atoms with Gasteiger partial charge in [0.1, 0.15) is 0 Å². The third-order valence-electron chi connectivity index (χ3n) is 12.4. The van der Waals surface area contributed by atoms with E-state index in [1.807, 2.05) is 0 Å². The zero-order valence-corrected chi connectivity index (χ0v) is 41.8. The van der Waals surface area contributed by atoms with E-state index in [-0.39, 0.29) is 7.25 Å². The van der Waals surface area contributed by atoms with Crippen LogP contribution in [0, 0.1) is 0 Å². The van der Waals surface area contributed by atoms with Gasteiger partial charge in [0.15, 0.2) is 0 Å². The number of nitrogens with zero attached hydrogens (tertiary/aromatic N) is 1. The van der Waals surface area contributed by atoms with Crippen molar-refractivity contribution in [2.24, 2.45) is 0 Å². The molecule has 0 bridgehead atoms. The molecule has 1 nitrogen and oxygen atoms in total. The van der Waals surface area contributed by atoms with E-state index in [4.69, 9.17) is 0 Å². The summed E-state index contributed by atoms with van der Waals surface area (Å²) in [7, 11) is 14.6. The van der Waals surface area contributed by atoms with Crippen LogP contribution in [-0.2, 0) is 16.2 Å². The molecule has 291 valence electrons. The van der Waals surface area contributed by atoms with E-state index in [1.165, 1.54) is 66.8 Å². The van der Waals surface area contributed by atoms with Gasteiger partial charge < -0.3 is 0 Å². The summed E-state index contributed by atoms with van der Waals surface area (Å²) in [5, 5.41) is 0. The molecule has 2 aliphatic carbocycles. The fourth-order valence-corrected chi connectivity index (χ4v) is 52.7. The van der Waals surface area contributed by atoms with Crippen molar-refractivity contribution in [3.05, 3.63) is 129 Å². The van der Waals surface area contributed by atoms with E-state index in [1.54, 1.807) is 0 Å². The number of halogens is 2. The molecule has 55 heavy (non-hydrogen) atoms. The van der Waals surface area contributed by atoms with E-state index < -0.39 is 32.6 Å². The van der Waals surface area contributed by atoms with Crippen LogP contribution in [0.3, 0.4) is 0 Å². The van der Waals surface area contributed by atoms with Crippen LogP contribution >= 0.6 is 17.0 Å². The van der Waals surface area contributed by atoms with Crippen LogP contribution in [0.1, 0.15) is 120 Å². The summed E-state index contributed by atoms with van der Waals surface area (Å²) in [6.45, 7) is 29.0. The van der Waals surface area contributed by atoms with Crippen LogP contribution in [0.4, 0.5) is 0 Å². The SMILES string of the molecule is CCCC1=Cc2c(-c3ccccc3C(C)C)cccc2[CH]1[Zr]([Cl])([Cl])([BH]N([Si](C)(C)C)[Si](C)(C)C)[CH]1C(CCC)=Cc2c(-c3ccccc3C(C)C)cccc21. The number of hydrogen-bond acceptors (Lipinski definition) is 1. The summed E-state index contributed by atoms with van der Waals surface area (Å²) in [6.07, 6.45) is 9.23. The Kier molecular flexibility index (Phi) is 12.6. The van der Waals surface area contributed by atoms with Crippen molar-refractivity contribution in [1.82, 2.24) is 4.14 Å². The van der Waals surface area contributed by atoms with Crippen molar-refractivity contribution < 1.29 is 16.2 Å². The van der Waals surface area contributed by atoms with Gasteiger partial charge >= 0.3 is 348 Å². The van der Waals surface area contributed by atoms with Crippen molar-refractivity contribution in [2.75, 3.05) is 0 Å². The topological polar surface area (TPSA) is 3.24 Å². The van der Waals surface area contributed by atoms with Crippen molar-refractivity contribution in [2.45, 2.75) is 126 Å². The fourth-order valence-electron chi connectivity index (χ4n) is 10.4. The number of benzene rings is 4. The van der Waals surface area contributed by atoms with Crippen LogP contribution in [-0.4, -0.2) is 25.6 Å². The first-order chi connectivity index (χ1) is 25.8. The van der Waals surface area contributed by atoms with E-state index in [0.29, 0.717) is 11.8 Å². The van der Waals surface area contributed by atoms with Gasteiger partial charge in [0.25, 0.3) is 0 Å². The van der Waals surface area contributed by atoms with E-state index in [2.05, 4.69) is 182 Å². The molecule has 0 aliphatic heterocycles. The second-order valence-electron chi connectivity index (χ2n) is 19.2. The van der Waals surface area contributed by atoms with Gasteiger partial charge in [-0.2, -0.15) is 0 Å². The third kappa shape index (κ3) is 8.03. The normalized spacial score (nSPS) is 17.9. The molecule has 2 atom stereocenters.